The van der Waals surface area contributed by atoms with E-state index in [-0.39, 0.29) is 23.7 Å². The predicted molar refractivity (Wildman–Crippen MR) is 101 cm³/mol. The number of rotatable bonds is 8. The molecule has 0 saturated heterocycles. The molecule has 9 nitrogen and oxygen atoms in total. The zero-order valence-electron chi connectivity index (χ0n) is 15.8. The molecule has 0 aliphatic rings. The van der Waals surface area contributed by atoms with Crippen LogP contribution in [0.25, 0.3) is 0 Å². The zero-order chi connectivity index (χ0) is 20.7. The first kappa shape index (κ1) is 20.7. The Bertz CT molecular complexity index is 884. The van der Waals surface area contributed by atoms with Gasteiger partial charge in [0.1, 0.15) is 0 Å². The maximum absolute atomic E-state index is 12.3. The SMILES string of the molecule is COc1ccc(CN(C)C(=O)CNC(=O)c2cccc([N+](=O)[O-])c2)cc1OC. The second-order valence-corrected chi connectivity index (χ2v) is 5.93. The molecule has 2 amide bonds. The quantitative estimate of drug-likeness (QED) is 0.548. The lowest BCUT2D eigenvalue weighted by Crippen LogP contribution is -2.37. The van der Waals surface area contributed by atoms with Gasteiger partial charge in [0, 0.05) is 31.3 Å². The minimum atomic E-state index is -0.584. The van der Waals surface area contributed by atoms with Crippen molar-refractivity contribution >= 4 is 17.5 Å². The van der Waals surface area contributed by atoms with E-state index in [2.05, 4.69) is 5.32 Å². The van der Waals surface area contributed by atoms with Crippen molar-refractivity contribution in [1.29, 1.82) is 0 Å². The van der Waals surface area contributed by atoms with Crippen LogP contribution in [-0.2, 0) is 11.3 Å². The van der Waals surface area contributed by atoms with Crippen LogP contribution in [0.15, 0.2) is 42.5 Å². The lowest BCUT2D eigenvalue weighted by Gasteiger charge is -2.18. The second-order valence-electron chi connectivity index (χ2n) is 5.93. The molecule has 2 aromatic carbocycles. The number of methoxy groups -OCH3 is 2. The minimum absolute atomic E-state index is 0.115. The summed E-state index contributed by atoms with van der Waals surface area (Å²) in [6.07, 6.45) is 0. The summed E-state index contributed by atoms with van der Waals surface area (Å²) in [7, 11) is 4.68. The van der Waals surface area contributed by atoms with E-state index in [1.165, 1.54) is 37.3 Å². The van der Waals surface area contributed by atoms with E-state index in [1.54, 1.807) is 19.2 Å². The van der Waals surface area contributed by atoms with Crippen LogP contribution in [-0.4, -0.2) is 49.4 Å². The summed E-state index contributed by atoms with van der Waals surface area (Å²) in [6, 6.07) is 10.6. The Kier molecular flexibility index (Phi) is 6.91. The van der Waals surface area contributed by atoms with Gasteiger partial charge < -0.3 is 19.7 Å². The highest BCUT2D eigenvalue weighted by Gasteiger charge is 2.15. The molecule has 0 aromatic heterocycles. The highest BCUT2D eigenvalue weighted by molar-refractivity contribution is 5.96. The number of nitrogens with one attached hydrogen (secondary N) is 1. The number of likely N-dealkylation sites (N-methyl/N-ethyl adjacent to an activating group) is 1. The molecule has 2 rings (SSSR count). The number of carbonyl (C=O) groups is 2. The molecular weight excluding hydrogens is 366 g/mol. The molecule has 0 aliphatic carbocycles. The van der Waals surface area contributed by atoms with Crippen LogP contribution in [0, 0.1) is 10.1 Å². The van der Waals surface area contributed by atoms with Gasteiger partial charge in [-0.1, -0.05) is 12.1 Å². The maximum atomic E-state index is 12.3. The van der Waals surface area contributed by atoms with Crippen molar-refractivity contribution in [3.05, 3.63) is 63.7 Å². The van der Waals surface area contributed by atoms with Gasteiger partial charge in [-0.2, -0.15) is 0 Å². The standard InChI is InChI=1S/C19H21N3O6/c1-21(12-13-7-8-16(27-2)17(9-13)28-3)18(23)11-20-19(24)14-5-4-6-15(10-14)22(25)26/h4-10H,11-12H2,1-3H3,(H,20,24). The molecule has 1 N–H and O–H groups in total. The summed E-state index contributed by atoms with van der Waals surface area (Å²) in [5.41, 5.74) is 0.757. The Morgan fingerprint density at radius 2 is 1.82 bits per heavy atom. The summed E-state index contributed by atoms with van der Waals surface area (Å²) in [5, 5.41) is 13.3. The summed E-state index contributed by atoms with van der Waals surface area (Å²) in [5.74, 6) is 0.273. The molecule has 0 radical (unpaired) electrons. The van der Waals surface area contributed by atoms with Crippen molar-refractivity contribution in [2.45, 2.75) is 6.54 Å². The van der Waals surface area contributed by atoms with Crippen molar-refractivity contribution in [1.82, 2.24) is 10.2 Å². The summed E-state index contributed by atoms with van der Waals surface area (Å²) in [6.45, 7) is 0.0805. The van der Waals surface area contributed by atoms with Crippen molar-refractivity contribution in [3.8, 4) is 11.5 Å². The highest BCUT2D eigenvalue weighted by Crippen LogP contribution is 2.27. The smallest absolute Gasteiger partial charge is 0.270 e. The van der Waals surface area contributed by atoms with Gasteiger partial charge in [0.05, 0.1) is 25.7 Å². The second kappa shape index (κ2) is 9.36. The van der Waals surface area contributed by atoms with E-state index in [0.29, 0.717) is 18.0 Å². The summed E-state index contributed by atoms with van der Waals surface area (Å²) in [4.78, 5) is 36.1. The average Bonchev–Trinajstić information content (AvgIpc) is 2.71. The topological polar surface area (TPSA) is 111 Å². The van der Waals surface area contributed by atoms with Crippen LogP contribution in [0.2, 0.25) is 0 Å². The Balaban J connectivity index is 1.94. The van der Waals surface area contributed by atoms with E-state index in [9.17, 15) is 19.7 Å². The van der Waals surface area contributed by atoms with E-state index >= 15 is 0 Å². The molecule has 0 unspecified atom stereocenters. The summed E-state index contributed by atoms with van der Waals surface area (Å²) < 4.78 is 10.4. The van der Waals surface area contributed by atoms with Gasteiger partial charge in [-0.25, -0.2) is 0 Å². The van der Waals surface area contributed by atoms with Crippen molar-refractivity contribution in [3.63, 3.8) is 0 Å². The Morgan fingerprint density at radius 3 is 2.46 bits per heavy atom. The fraction of sp³-hybridized carbons (Fsp3) is 0.263. The molecule has 0 spiro atoms. The molecule has 0 bridgehead atoms. The normalized spacial score (nSPS) is 10.1. The highest BCUT2D eigenvalue weighted by atomic mass is 16.6. The van der Waals surface area contributed by atoms with Crippen LogP contribution in [0.3, 0.4) is 0 Å². The van der Waals surface area contributed by atoms with Crippen LogP contribution in [0.1, 0.15) is 15.9 Å². The number of nitro benzene ring substituents is 1. The molecule has 0 fully saturated rings. The lowest BCUT2D eigenvalue weighted by molar-refractivity contribution is -0.384. The molecule has 0 aliphatic heterocycles. The first-order valence-corrected chi connectivity index (χ1v) is 8.33. The van der Waals surface area contributed by atoms with Crippen molar-refractivity contribution in [2.24, 2.45) is 0 Å². The Labute approximate surface area is 162 Å². The van der Waals surface area contributed by atoms with Gasteiger partial charge >= 0.3 is 0 Å². The van der Waals surface area contributed by atoms with Gasteiger partial charge in [0.25, 0.3) is 11.6 Å². The number of hydrogen-bond donors (Lipinski definition) is 1. The predicted octanol–water partition coefficient (Wildman–Crippen LogP) is 2.00. The molecule has 0 atom stereocenters. The molecule has 148 valence electrons. The van der Waals surface area contributed by atoms with E-state index in [1.807, 2.05) is 6.07 Å². The van der Waals surface area contributed by atoms with E-state index in [0.717, 1.165) is 11.6 Å². The molecule has 0 saturated carbocycles. The third-order valence-electron chi connectivity index (χ3n) is 4.01. The minimum Gasteiger partial charge on any atom is -0.493 e. The van der Waals surface area contributed by atoms with Crippen LogP contribution in [0.4, 0.5) is 5.69 Å². The molecule has 0 heterocycles. The lowest BCUT2D eigenvalue weighted by atomic mass is 10.2. The van der Waals surface area contributed by atoms with Crippen LogP contribution in [0.5, 0.6) is 11.5 Å². The number of non-ortho nitro benzene ring substituents is 1. The largest absolute Gasteiger partial charge is 0.493 e. The van der Waals surface area contributed by atoms with Crippen LogP contribution < -0.4 is 14.8 Å². The maximum Gasteiger partial charge on any atom is 0.270 e. The molecule has 2 aromatic rings. The average molecular weight is 387 g/mol. The van der Waals surface area contributed by atoms with E-state index in [4.69, 9.17) is 9.47 Å². The van der Waals surface area contributed by atoms with Gasteiger partial charge in [-0.15, -0.1) is 0 Å². The molecular formula is C19H21N3O6. The van der Waals surface area contributed by atoms with Crippen molar-refractivity contribution < 1.29 is 24.0 Å². The molecule has 9 heteroatoms. The van der Waals surface area contributed by atoms with Gasteiger partial charge in [-0.05, 0) is 23.8 Å². The van der Waals surface area contributed by atoms with Gasteiger partial charge in [0.2, 0.25) is 5.91 Å². The van der Waals surface area contributed by atoms with Gasteiger partial charge in [0.15, 0.2) is 11.5 Å². The van der Waals surface area contributed by atoms with E-state index < -0.39 is 10.8 Å². The van der Waals surface area contributed by atoms with Crippen molar-refractivity contribution in [2.75, 3.05) is 27.8 Å². The number of amides is 2. The fourth-order valence-electron chi connectivity index (χ4n) is 2.49. The summed E-state index contributed by atoms with van der Waals surface area (Å²) >= 11 is 0. The monoisotopic (exact) mass is 387 g/mol. The third-order valence-corrected chi connectivity index (χ3v) is 4.01. The fourth-order valence-corrected chi connectivity index (χ4v) is 2.49. The number of nitrogens with zero attached hydrogens (tertiary/aromatic N) is 2. The number of nitro groups is 1. The zero-order valence-corrected chi connectivity index (χ0v) is 15.8. The third kappa shape index (κ3) is 5.19. The Hall–Kier alpha value is -3.62. The number of carbonyl (C=O) groups excluding carboxylic acids is 2. The molecule has 28 heavy (non-hydrogen) atoms. The Morgan fingerprint density at radius 1 is 1.11 bits per heavy atom. The first-order valence-electron chi connectivity index (χ1n) is 8.33. The van der Waals surface area contributed by atoms with Crippen LogP contribution >= 0.6 is 0 Å². The number of benzene rings is 2. The van der Waals surface area contributed by atoms with Gasteiger partial charge in [-0.3, -0.25) is 19.7 Å². The number of ether oxygens (including phenoxy) is 2. The number of hydrogen-bond acceptors (Lipinski definition) is 6. The first-order chi connectivity index (χ1) is 13.3.